The molecular formula is C20H23N3O7. The molecule has 0 saturated carbocycles. The minimum Gasteiger partial charge on any atom is -0.394 e. The molecule has 3 heterocycles. The van der Waals surface area contributed by atoms with Crippen LogP contribution in [0.25, 0.3) is 10.9 Å². The van der Waals surface area contributed by atoms with Crippen molar-refractivity contribution in [1.29, 1.82) is 0 Å². The second kappa shape index (κ2) is 8.69. The number of H-pyrrole nitrogens is 1. The van der Waals surface area contributed by atoms with Gasteiger partial charge < -0.3 is 34.8 Å². The Morgan fingerprint density at radius 3 is 2.70 bits per heavy atom. The molecule has 0 radical (unpaired) electrons. The van der Waals surface area contributed by atoms with E-state index in [-0.39, 0.29) is 5.91 Å². The van der Waals surface area contributed by atoms with E-state index in [1.165, 1.54) is 0 Å². The number of nitrogens with one attached hydrogen (secondary N) is 1. The Kier molecular flexibility index (Phi) is 6.01. The fraction of sp³-hybridized carbons (Fsp3) is 0.500. The number of amides is 1. The summed E-state index contributed by atoms with van der Waals surface area (Å²) < 4.78 is 10.7. The predicted octanol–water partition coefficient (Wildman–Crippen LogP) is -1.77. The molecule has 10 heteroatoms. The summed E-state index contributed by atoms with van der Waals surface area (Å²) in [7, 11) is 0. The molecule has 2 aliphatic rings. The molecule has 2 aliphatic heterocycles. The molecule has 5 atom stereocenters. The zero-order valence-corrected chi connectivity index (χ0v) is 16.1. The first kappa shape index (κ1) is 20.7. The van der Waals surface area contributed by atoms with Gasteiger partial charge in [-0.15, -0.1) is 0 Å². The predicted molar refractivity (Wildman–Crippen MR) is 103 cm³/mol. The second-order valence-corrected chi connectivity index (χ2v) is 7.28. The van der Waals surface area contributed by atoms with Gasteiger partial charge >= 0.3 is 0 Å². The molecular weight excluding hydrogens is 394 g/mol. The van der Waals surface area contributed by atoms with Gasteiger partial charge in [0.1, 0.15) is 30.5 Å². The Labute approximate surface area is 172 Å². The van der Waals surface area contributed by atoms with Crippen LogP contribution in [-0.4, -0.2) is 105 Å². The van der Waals surface area contributed by atoms with Gasteiger partial charge in [0.25, 0.3) is 5.91 Å². The van der Waals surface area contributed by atoms with Crippen LogP contribution in [0.5, 0.6) is 0 Å². The molecule has 0 spiro atoms. The molecule has 1 aromatic carbocycles. The van der Waals surface area contributed by atoms with Crippen molar-refractivity contribution in [2.24, 2.45) is 0 Å². The number of hydrogen-bond donors (Lipinski definition) is 5. The van der Waals surface area contributed by atoms with Gasteiger partial charge in [-0.25, -0.2) is 0 Å². The van der Waals surface area contributed by atoms with Crippen molar-refractivity contribution in [1.82, 2.24) is 15.1 Å². The second-order valence-electron chi connectivity index (χ2n) is 7.28. The molecule has 4 rings (SSSR count). The summed E-state index contributed by atoms with van der Waals surface area (Å²) in [6.45, 7) is 1.46. The van der Waals surface area contributed by atoms with E-state index in [0.29, 0.717) is 48.3 Å². The largest absolute Gasteiger partial charge is 0.394 e. The number of aliphatic hydroxyl groups is 4. The van der Waals surface area contributed by atoms with Crippen molar-refractivity contribution in [2.75, 3.05) is 32.9 Å². The van der Waals surface area contributed by atoms with E-state index in [9.17, 15) is 25.2 Å². The molecule has 0 aliphatic carbocycles. The van der Waals surface area contributed by atoms with Gasteiger partial charge in [0.15, 0.2) is 0 Å². The Hall–Kier alpha value is -2.52. The highest BCUT2D eigenvalue weighted by Crippen LogP contribution is 2.23. The first-order chi connectivity index (χ1) is 14.5. The van der Waals surface area contributed by atoms with Gasteiger partial charge in [0.2, 0.25) is 0 Å². The van der Waals surface area contributed by atoms with Crippen molar-refractivity contribution in [3.05, 3.63) is 29.5 Å². The van der Waals surface area contributed by atoms with Crippen molar-refractivity contribution in [3.63, 3.8) is 0 Å². The summed E-state index contributed by atoms with van der Waals surface area (Å²) in [4.78, 5) is 14.6. The summed E-state index contributed by atoms with van der Waals surface area (Å²) in [5.41, 5.74) is 1.54. The third-order valence-electron chi connectivity index (χ3n) is 5.34. The van der Waals surface area contributed by atoms with Crippen molar-refractivity contribution in [3.8, 4) is 11.8 Å². The number of carbonyl (C=O) groups is 1. The van der Waals surface area contributed by atoms with Crippen LogP contribution in [-0.2, 0) is 9.47 Å². The Morgan fingerprint density at radius 1 is 1.20 bits per heavy atom. The number of morpholine rings is 1. The molecule has 0 bridgehead atoms. The fourth-order valence-electron chi connectivity index (χ4n) is 3.60. The molecule has 160 valence electrons. The lowest BCUT2D eigenvalue weighted by Gasteiger charge is -2.37. The third-order valence-corrected chi connectivity index (χ3v) is 5.34. The first-order valence-corrected chi connectivity index (χ1v) is 9.66. The lowest BCUT2D eigenvalue weighted by atomic mass is 9.95. The smallest absolute Gasteiger partial charge is 0.254 e. The number of hydrogen-bond acceptors (Lipinski definition) is 8. The molecule has 5 N–H and O–H groups in total. The van der Waals surface area contributed by atoms with Crippen LogP contribution in [0.4, 0.5) is 0 Å². The third kappa shape index (κ3) is 3.91. The van der Waals surface area contributed by atoms with Crippen molar-refractivity contribution >= 4 is 16.8 Å². The average molecular weight is 417 g/mol. The minimum atomic E-state index is -1.50. The number of aliphatic hydroxyl groups excluding tert-OH is 4. The maximum atomic E-state index is 12.9. The summed E-state index contributed by atoms with van der Waals surface area (Å²) in [5.74, 6) is 5.47. The topological polar surface area (TPSA) is 148 Å². The summed E-state index contributed by atoms with van der Waals surface area (Å²) >= 11 is 0. The normalized spacial score (nSPS) is 29.5. The van der Waals surface area contributed by atoms with Crippen LogP contribution in [0.2, 0.25) is 0 Å². The van der Waals surface area contributed by atoms with Gasteiger partial charge in [-0.3, -0.25) is 9.89 Å². The average Bonchev–Trinajstić information content (AvgIpc) is 3.26. The first-order valence-electron chi connectivity index (χ1n) is 9.66. The van der Waals surface area contributed by atoms with Crippen LogP contribution in [0.15, 0.2) is 18.3 Å². The number of benzene rings is 1. The number of aromatic nitrogens is 2. The van der Waals surface area contributed by atoms with Gasteiger partial charge in [-0.1, -0.05) is 11.8 Å². The zero-order valence-electron chi connectivity index (χ0n) is 16.1. The van der Waals surface area contributed by atoms with Crippen LogP contribution >= 0.6 is 0 Å². The molecule has 3 unspecified atom stereocenters. The number of fused-ring (bicyclic) bond motifs is 1. The van der Waals surface area contributed by atoms with E-state index >= 15 is 0 Å². The van der Waals surface area contributed by atoms with E-state index in [0.717, 1.165) is 0 Å². The van der Waals surface area contributed by atoms with Gasteiger partial charge in [-0.05, 0) is 12.1 Å². The van der Waals surface area contributed by atoms with E-state index in [1.807, 2.05) is 0 Å². The van der Waals surface area contributed by atoms with E-state index in [4.69, 9.17) is 9.47 Å². The number of carbonyl (C=O) groups excluding carboxylic acids is 1. The standard InChI is InChI=1S/C20H23N3O7/c24-10-15-18(26)19(27)17(25)14(30-15)2-1-11-7-12(8-13-9-21-22-16(11)13)20(28)23-3-5-29-6-4-23/h7-9,14-15,17-19,24-27H,3-6,10H2,(H,21,22)/t14-,15?,17?,18-,19?/m1/s1. The lowest BCUT2D eigenvalue weighted by Crippen LogP contribution is -2.58. The maximum absolute atomic E-state index is 12.9. The van der Waals surface area contributed by atoms with Gasteiger partial charge in [0, 0.05) is 24.0 Å². The summed E-state index contributed by atoms with van der Waals surface area (Å²) in [6.07, 6.45) is -4.98. The highest BCUT2D eigenvalue weighted by atomic mass is 16.5. The number of aromatic amines is 1. The van der Waals surface area contributed by atoms with Gasteiger partial charge in [-0.2, -0.15) is 5.10 Å². The molecule has 1 amide bonds. The Bertz CT molecular complexity index is 974. The minimum absolute atomic E-state index is 0.141. The van der Waals surface area contributed by atoms with Crippen LogP contribution in [0, 0.1) is 11.8 Å². The molecule has 1 aromatic heterocycles. The number of nitrogens with zero attached hydrogens (tertiary/aromatic N) is 2. The highest BCUT2D eigenvalue weighted by molar-refractivity contribution is 5.99. The summed E-state index contributed by atoms with van der Waals surface area (Å²) in [5, 5.41) is 46.9. The zero-order chi connectivity index (χ0) is 21.3. The Balaban J connectivity index is 1.65. The van der Waals surface area contributed by atoms with Crippen LogP contribution in [0.1, 0.15) is 15.9 Å². The van der Waals surface area contributed by atoms with Crippen LogP contribution < -0.4 is 0 Å². The van der Waals surface area contributed by atoms with E-state index in [1.54, 1.807) is 23.2 Å². The van der Waals surface area contributed by atoms with E-state index < -0.39 is 37.1 Å². The highest BCUT2D eigenvalue weighted by Gasteiger charge is 2.42. The summed E-state index contributed by atoms with van der Waals surface area (Å²) in [6, 6.07) is 3.37. The maximum Gasteiger partial charge on any atom is 0.254 e. The Morgan fingerprint density at radius 2 is 1.97 bits per heavy atom. The molecule has 10 nitrogen and oxygen atoms in total. The molecule has 30 heavy (non-hydrogen) atoms. The fourth-order valence-corrected chi connectivity index (χ4v) is 3.60. The quantitative estimate of drug-likeness (QED) is 0.361. The molecule has 2 fully saturated rings. The lowest BCUT2D eigenvalue weighted by molar-refractivity contribution is -0.214. The molecule has 2 saturated heterocycles. The number of rotatable bonds is 2. The van der Waals surface area contributed by atoms with Crippen LogP contribution in [0.3, 0.4) is 0 Å². The van der Waals surface area contributed by atoms with E-state index in [2.05, 4.69) is 22.0 Å². The SMILES string of the molecule is O=C(c1cc(C#C[C@H]2OC(CO)[C@@H](O)C(O)C2O)c2[nH]ncc2c1)N1CCOCC1. The monoisotopic (exact) mass is 417 g/mol. The van der Waals surface area contributed by atoms with Crippen molar-refractivity contribution < 1.29 is 34.7 Å². The van der Waals surface area contributed by atoms with Gasteiger partial charge in [0.05, 0.1) is 37.1 Å². The molecule has 2 aromatic rings. The number of ether oxygens (including phenoxy) is 2. The van der Waals surface area contributed by atoms with Crippen molar-refractivity contribution in [2.45, 2.75) is 30.5 Å².